The van der Waals surface area contributed by atoms with Gasteiger partial charge >= 0.3 is 5.97 Å². The van der Waals surface area contributed by atoms with E-state index in [4.69, 9.17) is 16.7 Å². The normalized spacial score (nSPS) is 9.92. The summed E-state index contributed by atoms with van der Waals surface area (Å²) in [5, 5.41) is 8.43. The van der Waals surface area contributed by atoms with E-state index in [9.17, 15) is 4.79 Å². The summed E-state index contributed by atoms with van der Waals surface area (Å²) >= 11 is 5.55. The van der Waals surface area contributed by atoms with Gasteiger partial charge in [-0.15, -0.1) is 11.6 Å². The molecule has 70 valence electrons. The van der Waals surface area contributed by atoms with Crippen molar-refractivity contribution in [2.75, 3.05) is 0 Å². The average Bonchev–Trinajstić information content (AvgIpc) is 2.15. The van der Waals surface area contributed by atoms with Gasteiger partial charge in [0.1, 0.15) is 0 Å². The molecule has 0 spiro atoms. The molecule has 0 aliphatic rings. The van der Waals surface area contributed by atoms with Crippen LogP contribution in [0.1, 0.15) is 17.7 Å². The molecule has 0 aromatic carbocycles. The molecule has 0 atom stereocenters. The molecule has 0 amide bonds. The van der Waals surface area contributed by atoms with Crippen molar-refractivity contribution in [1.29, 1.82) is 0 Å². The molecule has 1 rings (SSSR count). The lowest BCUT2D eigenvalue weighted by Crippen LogP contribution is -1.98. The third-order valence-electron chi connectivity index (χ3n) is 1.65. The summed E-state index contributed by atoms with van der Waals surface area (Å²) < 4.78 is 0. The maximum absolute atomic E-state index is 10.3. The van der Waals surface area contributed by atoms with E-state index >= 15 is 0 Å². The number of carboxylic acid groups (broad SMARTS) is 1. The van der Waals surface area contributed by atoms with Gasteiger partial charge in [0.15, 0.2) is 0 Å². The minimum atomic E-state index is -0.790. The van der Waals surface area contributed by atoms with Crippen molar-refractivity contribution < 1.29 is 9.90 Å². The second-order valence-corrected chi connectivity index (χ2v) is 2.95. The van der Waals surface area contributed by atoms with E-state index in [1.54, 1.807) is 6.20 Å². The number of hydrogen-bond donors (Lipinski definition) is 1. The summed E-state index contributed by atoms with van der Waals surface area (Å²) in [6.45, 7) is 0. The summed E-state index contributed by atoms with van der Waals surface area (Å²) in [6.07, 6.45) is 2.33. The zero-order valence-electron chi connectivity index (χ0n) is 7.03. The summed E-state index contributed by atoms with van der Waals surface area (Å²) in [4.78, 5) is 14.3. The highest BCUT2D eigenvalue weighted by Gasteiger charge is 1.99. The van der Waals surface area contributed by atoms with Gasteiger partial charge in [-0.3, -0.25) is 9.78 Å². The lowest BCUT2D eigenvalue weighted by atomic mass is 10.1. The SMILES string of the molecule is O=C(O)CCc1ccc(CCl)nc1. The Morgan fingerprint density at radius 3 is 2.77 bits per heavy atom. The molecule has 0 aliphatic carbocycles. The van der Waals surface area contributed by atoms with Crippen LogP contribution in [0.25, 0.3) is 0 Å². The first-order valence-electron chi connectivity index (χ1n) is 3.94. The number of aryl methyl sites for hydroxylation is 1. The van der Waals surface area contributed by atoms with Crippen molar-refractivity contribution in [2.24, 2.45) is 0 Å². The predicted octanol–water partition coefficient (Wildman–Crippen LogP) is 1.84. The standard InChI is InChI=1S/C9H10ClNO2/c10-5-8-3-1-7(6-11-8)2-4-9(12)13/h1,3,6H,2,4-5H2,(H,12,13). The van der Waals surface area contributed by atoms with Crippen LogP contribution in [-0.4, -0.2) is 16.1 Å². The van der Waals surface area contributed by atoms with Crippen molar-refractivity contribution in [3.8, 4) is 0 Å². The van der Waals surface area contributed by atoms with Crippen LogP contribution in [0.3, 0.4) is 0 Å². The molecule has 1 aromatic rings. The van der Waals surface area contributed by atoms with Crippen LogP contribution in [0, 0.1) is 0 Å². The van der Waals surface area contributed by atoms with Crippen LogP contribution in [0.5, 0.6) is 0 Å². The van der Waals surface area contributed by atoms with Crippen molar-refractivity contribution in [3.05, 3.63) is 29.6 Å². The predicted molar refractivity (Wildman–Crippen MR) is 49.8 cm³/mol. The zero-order valence-corrected chi connectivity index (χ0v) is 7.79. The molecule has 0 unspecified atom stereocenters. The first-order valence-corrected chi connectivity index (χ1v) is 4.47. The number of carboxylic acids is 1. The lowest BCUT2D eigenvalue weighted by molar-refractivity contribution is -0.136. The molecule has 0 saturated carbocycles. The van der Waals surface area contributed by atoms with E-state index in [-0.39, 0.29) is 6.42 Å². The van der Waals surface area contributed by atoms with Crippen LogP contribution in [-0.2, 0) is 17.1 Å². The number of halogens is 1. The monoisotopic (exact) mass is 199 g/mol. The topological polar surface area (TPSA) is 50.2 Å². The highest BCUT2D eigenvalue weighted by atomic mass is 35.5. The van der Waals surface area contributed by atoms with E-state index in [1.165, 1.54) is 0 Å². The number of rotatable bonds is 4. The first-order chi connectivity index (χ1) is 6.22. The van der Waals surface area contributed by atoms with Gasteiger partial charge in [-0.25, -0.2) is 0 Å². The van der Waals surface area contributed by atoms with Gasteiger partial charge in [-0.05, 0) is 18.1 Å². The molecule has 4 heteroatoms. The first kappa shape index (κ1) is 9.99. The molecule has 0 saturated heterocycles. The zero-order chi connectivity index (χ0) is 9.68. The Morgan fingerprint density at radius 1 is 1.54 bits per heavy atom. The molecule has 0 fully saturated rings. The van der Waals surface area contributed by atoms with Gasteiger partial charge in [0.25, 0.3) is 0 Å². The number of alkyl halides is 1. The van der Waals surface area contributed by atoms with Crippen LogP contribution >= 0.6 is 11.6 Å². The van der Waals surface area contributed by atoms with Gasteiger partial charge in [-0.2, -0.15) is 0 Å². The van der Waals surface area contributed by atoms with Crippen molar-refractivity contribution in [1.82, 2.24) is 4.98 Å². The van der Waals surface area contributed by atoms with E-state index in [0.717, 1.165) is 11.3 Å². The third-order valence-corrected chi connectivity index (χ3v) is 1.92. The van der Waals surface area contributed by atoms with Gasteiger partial charge in [0.05, 0.1) is 11.6 Å². The fourth-order valence-corrected chi connectivity index (χ4v) is 1.09. The van der Waals surface area contributed by atoms with Gasteiger partial charge in [0, 0.05) is 12.6 Å². The third kappa shape index (κ3) is 3.42. The molecule has 1 N–H and O–H groups in total. The average molecular weight is 200 g/mol. The highest BCUT2D eigenvalue weighted by Crippen LogP contribution is 2.05. The number of hydrogen-bond acceptors (Lipinski definition) is 2. The maximum Gasteiger partial charge on any atom is 0.303 e. The smallest absolute Gasteiger partial charge is 0.303 e. The highest BCUT2D eigenvalue weighted by molar-refractivity contribution is 6.16. The molecule has 0 aliphatic heterocycles. The number of aromatic nitrogens is 1. The molecular weight excluding hydrogens is 190 g/mol. The van der Waals surface area contributed by atoms with Crippen LogP contribution in [0.2, 0.25) is 0 Å². The van der Waals surface area contributed by atoms with Gasteiger partial charge in [0.2, 0.25) is 0 Å². The van der Waals surface area contributed by atoms with Crippen LogP contribution in [0.15, 0.2) is 18.3 Å². The minimum absolute atomic E-state index is 0.141. The molecule has 13 heavy (non-hydrogen) atoms. The molecule has 0 radical (unpaired) electrons. The van der Waals surface area contributed by atoms with E-state index < -0.39 is 5.97 Å². The Hall–Kier alpha value is -1.09. The number of carbonyl (C=O) groups is 1. The number of nitrogens with zero attached hydrogens (tertiary/aromatic N) is 1. The van der Waals surface area contributed by atoms with Crippen molar-refractivity contribution >= 4 is 17.6 Å². The second-order valence-electron chi connectivity index (χ2n) is 2.69. The number of pyridine rings is 1. The fourth-order valence-electron chi connectivity index (χ4n) is 0.933. The molecule has 0 bridgehead atoms. The summed E-state index contributed by atoms with van der Waals surface area (Å²) in [7, 11) is 0. The van der Waals surface area contributed by atoms with E-state index in [1.807, 2.05) is 12.1 Å². The van der Waals surface area contributed by atoms with E-state index in [0.29, 0.717) is 12.3 Å². The van der Waals surface area contributed by atoms with Gasteiger partial charge < -0.3 is 5.11 Å². The van der Waals surface area contributed by atoms with Crippen LogP contribution < -0.4 is 0 Å². The molecule has 1 heterocycles. The largest absolute Gasteiger partial charge is 0.481 e. The Kier molecular flexibility index (Phi) is 3.71. The molecular formula is C9H10ClNO2. The molecule has 1 aromatic heterocycles. The Bertz CT molecular complexity index is 284. The Labute approximate surface area is 81.4 Å². The van der Waals surface area contributed by atoms with Gasteiger partial charge in [-0.1, -0.05) is 6.07 Å². The number of aliphatic carboxylic acids is 1. The lowest BCUT2D eigenvalue weighted by Gasteiger charge is -1.98. The maximum atomic E-state index is 10.3. The summed E-state index contributed by atoms with van der Waals surface area (Å²) in [5.74, 6) is -0.402. The summed E-state index contributed by atoms with van der Waals surface area (Å²) in [5.41, 5.74) is 1.73. The van der Waals surface area contributed by atoms with E-state index in [2.05, 4.69) is 4.98 Å². The minimum Gasteiger partial charge on any atom is -0.481 e. The fraction of sp³-hybridized carbons (Fsp3) is 0.333. The Morgan fingerprint density at radius 2 is 2.31 bits per heavy atom. The van der Waals surface area contributed by atoms with Crippen molar-refractivity contribution in [2.45, 2.75) is 18.7 Å². The van der Waals surface area contributed by atoms with Crippen LogP contribution in [0.4, 0.5) is 0 Å². The molecule has 3 nitrogen and oxygen atoms in total. The Balaban J connectivity index is 2.54. The summed E-state index contributed by atoms with van der Waals surface area (Å²) in [6, 6.07) is 3.66. The van der Waals surface area contributed by atoms with Crippen molar-refractivity contribution in [3.63, 3.8) is 0 Å². The second kappa shape index (κ2) is 4.82. The quantitative estimate of drug-likeness (QED) is 0.753.